The van der Waals surface area contributed by atoms with Crippen molar-refractivity contribution in [2.45, 2.75) is 13.3 Å². The molecular weight excluding hydrogens is 190 g/mol. The molecule has 0 aliphatic heterocycles. The van der Waals surface area contributed by atoms with Gasteiger partial charge in [0.05, 0.1) is 0 Å². The largest absolute Gasteiger partial charge is 0.440 e. The summed E-state index contributed by atoms with van der Waals surface area (Å²) in [5.41, 5.74) is 1.25. The highest BCUT2D eigenvalue weighted by atomic mass is 16.4. The van der Waals surface area contributed by atoms with Crippen LogP contribution in [0.2, 0.25) is 0 Å². The van der Waals surface area contributed by atoms with Gasteiger partial charge in [0.15, 0.2) is 17.9 Å². The Hall–Kier alpha value is -1.90. The minimum atomic E-state index is 0.373. The minimum Gasteiger partial charge on any atom is -0.440 e. The second kappa shape index (κ2) is 4.09. The van der Waals surface area contributed by atoms with Gasteiger partial charge in [0.25, 0.3) is 0 Å². The standard InChI is InChI=1S/C12H11NO2/c1-2-11-13-10(8-14)12(15-11)9-6-4-3-5-7-9/h3-8H,2H2,1H3. The maximum atomic E-state index is 10.8. The fraction of sp³-hybridized carbons (Fsp3) is 0.167. The Kier molecular flexibility index (Phi) is 2.63. The van der Waals surface area contributed by atoms with Gasteiger partial charge < -0.3 is 4.42 Å². The topological polar surface area (TPSA) is 43.1 Å². The summed E-state index contributed by atoms with van der Waals surface area (Å²) < 4.78 is 5.50. The van der Waals surface area contributed by atoms with Gasteiger partial charge in [0.1, 0.15) is 5.69 Å². The molecule has 0 spiro atoms. The smallest absolute Gasteiger partial charge is 0.195 e. The van der Waals surface area contributed by atoms with Crippen molar-refractivity contribution in [1.29, 1.82) is 0 Å². The van der Waals surface area contributed by atoms with Crippen molar-refractivity contribution in [3.63, 3.8) is 0 Å². The fourth-order valence-electron chi connectivity index (χ4n) is 1.41. The predicted molar refractivity (Wildman–Crippen MR) is 56.7 cm³/mol. The minimum absolute atomic E-state index is 0.373. The van der Waals surface area contributed by atoms with Crippen LogP contribution in [0.1, 0.15) is 23.3 Å². The number of hydrogen-bond donors (Lipinski definition) is 0. The molecule has 3 heteroatoms. The zero-order chi connectivity index (χ0) is 10.7. The van der Waals surface area contributed by atoms with Crippen molar-refractivity contribution >= 4 is 6.29 Å². The van der Waals surface area contributed by atoms with Gasteiger partial charge in [-0.3, -0.25) is 4.79 Å². The van der Waals surface area contributed by atoms with E-state index in [1.807, 2.05) is 37.3 Å². The molecule has 3 nitrogen and oxygen atoms in total. The lowest BCUT2D eigenvalue weighted by Gasteiger charge is -1.95. The number of aryl methyl sites for hydroxylation is 1. The van der Waals surface area contributed by atoms with E-state index in [4.69, 9.17) is 4.42 Å². The molecule has 0 saturated carbocycles. The molecule has 0 aliphatic carbocycles. The normalized spacial score (nSPS) is 10.2. The Morgan fingerprint density at radius 3 is 2.67 bits per heavy atom. The van der Waals surface area contributed by atoms with Crippen LogP contribution in [0, 0.1) is 0 Å². The molecule has 0 N–H and O–H groups in total. The van der Waals surface area contributed by atoms with E-state index in [1.54, 1.807) is 0 Å². The summed E-state index contributed by atoms with van der Waals surface area (Å²) in [4.78, 5) is 14.9. The van der Waals surface area contributed by atoms with Crippen molar-refractivity contribution in [2.75, 3.05) is 0 Å². The number of aromatic nitrogens is 1. The molecule has 0 aliphatic rings. The molecule has 15 heavy (non-hydrogen) atoms. The number of aldehydes is 1. The van der Waals surface area contributed by atoms with Gasteiger partial charge in [-0.05, 0) is 0 Å². The number of rotatable bonds is 3. The average Bonchev–Trinajstić information content (AvgIpc) is 2.73. The highest BCUT2D eigenvalue weighted by Crippen LogP contribution is 2.23. The lowest BCUT2D eigenvalue weighted by Crippen LogP contribution is -1.84. The summed E-state index contributed by atoms with van der Waals surface area (Å²) in [6.07, 6.45) is 1.42. The SMILES string of the molecule is CCc1nc(C=O)c(-c2ccccc2)o1. The Labute approximate surface area is 87.8 Å². The number of oxazole rings is 1. The Bertz CT molecular complexity index is 460. The van der Waals surface area contributed by atoms with Crippen molar-refractivity contribution < 1.29 is 9.21 Å². The zero-order valence-electron chi connectivity index (χ0n) is 8.43. The molecule has 0 bridgehead atoms. The van der Waals surface area contributed by atoms with E-state index in [9.17, 15) is 4.79 Å². The highest BCUT2D eigenvalue weighted by molar-refractivity contribution is 5.82. The van der Waals surface area contributed by atoms with Crippen LogP contribution >= 0.6 is 0 Å². The first-order valence-corrected chi connectivity index (χ1v) is 4.85. The van der Waals surface area contributed by atoms with Crippen LogP contribution in [0.3, 0.4) is 0 Å². The molecule has 0 atom stereocenters. The van der Waals surface area contributed by atoms with Gasteiger partial charge in [0.2, 0.25) is 0 Å². The van der Waals surface area contributed by atoms with E-state index >= 15 is 0 Å². The molecule has 1 aromatic heterocycles. The molecule has 2 aromatic rings. The van der Waals surface area contributed by atoms with Gasteiger partial charge in [0, 0.05) is 12.0 Å². The van der Waals surface area contributed by atoms with Crippen molar-refractivity contribution in [3.8, 4) is 11.3 Å². The summed E-state index contributed by atoms with van der Waals surface area (Å²) in [6, 6.07) is 9.51. The average molecular weight is 201 g/mol. The van der Waals surface area contributed by atoms with E-state index in [2.05, 4.69) is 4.98 Å². The monoisotopic (exact) mass is 201 g/mol. The Balaban J connectivity index is 2.52. The number of benzene rings is 1. The maximum absolute atomic E-state index is 10.8. The van der Waals surface area contributed by atoms with E-state index in [0.717, 1.165) is 11.8 Å². The van der Waals surface area contributed by atoms with E-state index in [-0.39, 0.29) is 0 Å². The van der Waals surface area contributed by atoms with Crippen LogP contribution in [0.4, 0.5) is 0 Å². The summed E-state index contributed by atoms with van der Waals surface area (Å²) in [5.74, 6) is 1.15. The third-order valence-electron chi connectivity index (χ3n) is 2.15. The molecular formula is C12H11NO2. The zero-order valence-corrected chi connectivity index (χ0v) is 8.43. The predicted octanol–water partition coefficient (Wildman–Crippen LogP) is 2.72. The quantitative estimate of drug-likeness (QED) is 0.717. The van der Waals surface area contributed by atoms with E-state index in [1.165, 1.54) is 0 Å². The van der Waals surface area contributed by atoms with Crippen molar-refractivity contribution in [3.05, 3.63) is 41.9 Å². The van der Waals surface area contributed by atoms with E-state index in [0.29, 0.717) is 23.8 Å². The molecule has 1 heterocycles. The maximum Gasteiger partial charge on any atom is 0.195 e. The summed E-state index contributed by atoms with van der Waals surface area (Å²) in [5, 5.41) is 0. The van der Waals surface area contributed by atoms with Crippen LogP contribution in [0.15, 0.2) is 34.7 Å². The molecule has 2 rings (SSSR count). The van der Waals surface area contributed by atoms with Crippen LogP contribution in [0.5, 0.6) is 0 Å². The van der Waals surface area contributed by atoms with Crippen LogP contribution < -0.4 is 0 Å². The Morgan fingerprint density at radius 1 is 1.33 bits per heavy atom. The summed E-state index contributed by atoms with van der Waals surface area (Å²) >= 11 is 0. The molecule has 0 fully saturated rings. The number of carbonyl (C=O) groups excluding carboxylic acids is 1. The second-order valence-corrected chi connectivity index (χ2v) is 3.16. The van der Waals surface area contributed by atoms with Gasteiger partial charge in [-0.15, -0.1) is 0 Å². The molecule has 0 radical (unpaired) electrons. The van der Waals surface area contributed by atoms with Crippen LogP contribution in [0.25, 0.3) is 11.3 Å². The molecule has 0 amide bonds. The number of carbonyl (C=O) groups is 1. The first kappa shape index (κ1) is 9.65. The van der Waals surface area contributed by atoms with Gasteiger partial charge >= 0.3 is 0 Å². The van der Waals surface area contributed by atoms with Gasteiger partial charge in [-0.2, -0.15) is 0 Å². The van der Waals surface area contributed by atoms with Crippen molar-refractivity contribution in [2.24, 2.45) is 0 Å². The fourth-order valence-corrected chi connectivity index (χ4v) is 1.41. The number of nitrogens with zero attached hydrogens (tertiary/aromatic N) is 1. The lowest BCUT2D eigenvalue weighted by atomic mass is 10.1. The first-order valence-electron chi connectivity index (χ1n) is 4.85. The van der Waals surface area contributed by atoms with Crippen LogP contribution in [-0.4, -0.2) is 11.3 Å². The second-order valence-electron chi connectivity index (χ2n) is 3.16. The summed E-state index contributed by atoms with van der Waals surface area (Å²) in [6.45, 7) is 1.94. The molecule has 0 unspecified atom stereocenters. The highest BCUT2D eigenvalue weighted by Gasteiger charge is 2.12. The van der Waals surface area contributed by atoms with Crippen molar-refractivity contribution in [1.82, 2.24) is 4.98 Å². The molecule has 0 saturated heterocycles. The molecule has 1 aromatic carbocycles. The Morgan fingerprint density at radius 2 is 2.07 bits per heavy atom. The third-order valence-corrected chi connectivity index (χ3v) is 2.15. The van der Waals surface area contributed by atoms with Gasteiger partial charge in [-0.25, -0.2) is 4.98 Å². The lowest BCUT2D eigenvalue weighted by molar-refractivity contribution is 0.111. The van der Waals surface area contributed by atoms with Gasteiger partial charge in [-0.1, -0.05) is 37.3 Å². The third kappa shape index (κ3) is 1.81. The van der Waals surface area contributed by atoms with E-state index < -0.39 is 0 Å². The molecule has 76 valence electrons. The first-order chi connectivity index (χ1) is 7.35. The number of hydrogen-bond acceptors (Lipinski definition) is 3. The summed E-state index contributed by atoms with van der Waals surface area (Å²) in [7, 11) is 0. The van der Waals surface area contributed by atoms with Crippen LogP contribution in [-0.2, 0) is 6.42 Å².